The molecule has 2 bridgehead atoms. The molecule has 0 spiro atoms. The number of piperidine rings is 2. The van der Waals surface area contributed by atoms with Crippen molar-refractivity contribution in [1.29, 1.82) is 0 Å². The van der Waals surface area contributed by atoms with Gasteiger partial charge in [0.25, 0.3) is 0 Å². The third-order valence-corrected chi connectivity index (χ3v) is 4.13. The predicted octanol–water partition coefficient (Wildman–Crippen LogP) is 1.52. The number of aromatic nitrogens is 2. The lowest BCUT2D eigenvalue weighted by atomic mass is 9.78. The van der Waals surface area contributed by atoms with Gasteiger partial charge in [-0.05, 0) is 25.7 Å². The predicted molar refractivity (Wildman–Crippen MR) is 64.8 cm³/mol. The van der Waals surface area contributed by atoms with Crippen LogP contribution in [-0.2, 0) is 7.05 Å². The Morgan fingerprint density at radius 3 is 2.71 bits per heavy atom. The maximum absolute atomic E-state index is 12.4. The highest BCUT2D eigenvalue weighted by molar-refractivity contribution is 5.94. The van der Waals surface area contributed by atoms with Gasteiger partial charge in [-0.3, -0.25) is 4.79 Å². The molecule has 3 rings (SSSR count). The van der Waals surface area contributed by atoms with E-state index in [9.17, 15) is 4.79 Å². The smallest absolute Gasteiger partial charge is 0.201 e. The van der Waals surface area contributed by atoms with Gasteiger partial charge < -0.3 is 9.88 Å². The first-order valence-electron chi connectivity index (χ1n) is 6.51. The number of rotatable bonds is 2. The molecule has 2 aliphatic rings. The number of fused-ring (bicyclic) bond motifs is 2. The molecule has 0 radical (unpaired) electrons. The van der Waals surface area contributed by atoms with Crippen molar-refractivity contribution < 1.29 is 4.79 Å². The zero-order valence-electron chi connectivity index (χ0n) is 10.2. The summed E-state index contributed by atoms with van der Waals surface area (Å²) in [6.45, 7) is 0. The Morgan fingerprint density at radius 2 is 2.12 bits per heavy atom. The van der Waals surface area contributed by atoms with Crippen molar-refractivity contribution >= 4 is 5.78 Å². The van der Waals surface area contributed by atoms with E-state index in [2.05, 4.69) is 10.3 Å². The molecule has 2 saturated heterocycles. The van der Waals surface area contributed by atoms with Crippen molar-refractivity contribution in [3.8, 4) is 0 Å². The van der Waals surface area contributed by atoms with E-state index in [0.717, 1.165) is 12.8 Å². The van der Waals surface area contributed by atoms with Crippen LogP contribution in [-0.4, -0.2) is 27.4 Å². The number of imidazole rings is 1. The lowest BCUT2D eigenvalue weighted by Gasteiger charge is -2.39. The van der Waals surface area contributed by atoms with Crippen LogP contribution in [0.4, 0.5) is 0 Å². The lowest BCUT2D eigenvalue weighted by molar-refractivity contribution is 0.0811. The number of nitrogens with one attached hydrogen (secondary N) is 1. The van der Waals surface area contributed by atoms with Crippen LogP contribution in [0.25, 0.3) is 0 Å². The van der Waals surface area contributed by atoms with Crippen molar-refractivity contribution in [1.82, 2.24) is 14.9 Å². The summed E-state index contributed by atoms with van der Waals surface area (Å²) < 4.78 is 1.83. The molecule has 3 heterocycles. The Labute approximate surface area is 101 Å². The molecule has 1 N–H and O–H groups in total. The average Bonchev–Trinajstić information content (AvgIpc) is 2.74. The van der Waals surface area contributed by atoms with Crippen LogP contribution in [0.1, 0.15) is 42.7 Å². The molecule has 4 heteroatoms. The number of nitrogens with zero attached hydrogens (tertiary/aromatic N) is 2. The van der Waals surface area contributed by atoms with Gasteiger partial charge in [-0.1, -0.05) is 6.42 Å². The molecular formula is C13H19N3O. The summed E-state index contributed by atoms with van der Waals surface area (Å²) in [6, 6.07) is 1.11. The van der Waals surface area contributed by atoms with Gasteiger partial charge in [0.15, 0.2) is 5.82 Å². The molecule has 0 amide bonds. The molecule has 2 fully saturated rings. The van der Waals surface area contributed by atoms with Crippen LogP contribution < -0.4 is 5.32 Å². The Morgan fingerprint density at radius 1 is 1.41 bits per heavy atom. The van der Waals surface area contributed by atoms with Gasteiger partial charge in [0.2, 0.25) is 5.78 Å². The van der Waals surface area contributed by atoms with Gasteiger partial charge in [-0.25, -0.2) is 4.98 Å². The van der Waals surface area contributed by atoms with Crippen molar-refractivity contribution in [3.05, 3.63) is 18.2 Å². The second kappa shape index (κ2) is 4.26. The van der Waals surface area contributed by atoms with E-state index < -0.39 is 0 Å². The van der Waals surface area contributed by atoms with Crippen LogP contribution in [0.5, 0.6) is 0 Å². The highest BCUT2D eigenvalue weighted by atomic mass is 16.1. The van der Waals surface area contributed by atoms with E-state index in [1.54, 1.807) is 6.20 Å². The van der Waals surface area contributed by atoms with E-state index in [0.29, 0.717) is 17.9 Å². The fourth-order valence-corrected chi connectivity index (χ4v) is 3.27. The van der Waals surface area contributed by atoms with Gasteiger partial charge >= 0.3 is 0 Å². The van der Waals surface area contributed by atoms with Crippen LogP contribution in [0.15, 0.2) is 12.4 Å². The highest BCUT2D eigenvalue weighted by Gasteiger charge is 2.35. The summed E-state index contributed by atoms with van der Waals surface area (Å²) in [5, 5.41) is 3.62. The number of carbonyl (C=O) groups is 1. The van der Waals surface area contributed by atoms with Gasteiger partial charge in [-0.2, -0.15) is 0 Å². The third-order valence-electron chi connectivity index (χ3n) is 4.13. The number of hydrogen-bond donors (Lipinski definition) is 1. The van der Waals surface area contributed by atoms with Crippen molar-refractivity contribution in [2.45, 2.75) is 44.2 Å². The van der Waals surface area contributed by atoms with Gasteiger partial charge in [0.05, 0.1) is 0 Å². The normalized spacial score (nSPS) is 32.4. The van der Waals surface area contributed by atoms with Crippen LogP contribution in [0.2, 0.25) is 0 Å². The molecule has 4 nitrogen and oxygen atoms in total. The second-order valence-electron chi connectivity index (χ2n) is 5.39. The van der Waals surface area contributed by atoms with E-state index in [-0.39, 0.29) is 11.7 Å². The third kappa shape index (κ3) is 2.02. The molecule has 2 atom stereocenters. The number of hydrogen-bond acceptors (Lipinski definition) is 3. The van der Waals surface area contributed by atoms with Crippen molar-refractivity contribution in [2.24, 2.45) is 13.0 Å². The molecule has 2 aliphatic heterocycles. The Balaban J connectivity index is 1.76. The first-order chi connectivity index (χ1) is 8.24. The quantitative estimate of drug-likeness (QED) is 0.788. The lowest BCUT2D eigenvalue weighted by Crippen LogP contribution is -2.50. The van der Waals surface area contributed by atoms with Crippen molar-refractivity contribution in [2.75, 3.05) is 0 Å². The summed E-state index contributed by atoms with van der Waals surface area (Å²) >= 11 is 0. The topological polar surface area (TPSA) is 46.9 Å². The SMILES string of the molecule is Cn1ccnc1C(=O)C1CC2CCCC(C1)N2. The Bertz CT molecular complexity index is 414. The first kappa shape index (κ1) is 11.0. The number of ketones is 1. The molecule has 92 valence electrons. The molecule has 1 aromatic heterocycles. The molecule has 0 aromatic carbocycles. The van der Waals surface area contributed by atoms with E-state index in [1.165, 1.54) is 19.3 Å². The fourth-order valence-electron chi connectivity index (χ4n) is 3.27. The Hall–Kier alpha value is -1.16. The zero-order valence-corrected chi connectivity index (χ0v) is 10.2. The van der Waals surface area contributed by atoms with Gasteiger partial charge in [0, 0.05) is 37.4 Å². The van der Waals surface area contributed by atoms with Crippen LogP contribution >= 0.6 is 0 Å². The minimum absolute atomic E-state index is 0.174. The number of carbonyl (C=O) groups excluding carboxylic acids is 1. The molecular weight excluding hydrogens is 214 g/mol. The fraction of sp³-hybridized carbons (Fsp3) is 0.692. The summed E-state index contributed by atoms with van der Waals surface area (Å²) in [4.78, 5) is 16.6. The first-order valence-corrected chi connectivity index (χ1v) is 6.51. The Kier molecular flexibility index (Phi) is 2.74. The van der Waals surface area contributed by atoms with E-state index >= 15 is 0 Å². The maximum Gasteiger partial charge on any atom is 0.201 e. The standard InChI is InChI=1S/C13H19N3O/c1-16-6-5-14-13(16)12(17)9-7-10-3-2-4-11(8-9)15-10/h5-6,9-11,15H,2-4,7-8H2,1H3. The molecule has 1 aromatic rings. The summed E-state index contributed by atoms with van der Waals surface area (Å²) in [6.07, 6.45) is 9.28. The van der Waals surface area contributed by atoms with Crippen molar-refractivity contribution in [3.63, 3.8) is 0 Å². The molecule has 17 heavy (non-hydrogen) atoms. The van der Waals surface area contributed by atoms with Gasteiger partial charge in [-0.15, -0.1) is 0 Å². The number of aryl methyl sites for hydroxylation is 1. The molecule has 0 aliphatic carbocycles. The second-order valence-corrected chi connectivity index (χ2v) is 5.39. The average molecular weight is 233 g/mol. The molecule has 0 saturated carbocycles. The van der Waals surface area contributed by atoms with Gasteiger partial charge in [0.1, 0.15) is 0 Å². The van der Waals surface area contributed by atoms with E-state index in [4.69, 9.17) is 0 Å². The minimum atomic E-state index is 0.174. The summed E-state index contributed by atoms with van der Waals surface area (Å²) in [5.41, 5.74) is 0. The van der Waals surface area contributed by atoms with E-state index in [1.807, 2.05) is 17.8 Å². The maximum atomic E-state index is 12.4. The highest BCUT2D eigenvalue weighted by Crippen LogP contribution is 2.31. The largest absolute Gasteiger partial charge is 0.332 e. The zero-order chi connectivity index (χ0) is 11.8. The molecule has 2 unspecified atom stereocenters. The van der Waals surface area contributed by atoms with Crippen LogP contribution in [0.3, 0.4) is 0 Å². The monoisotopic (exact) mass is 233 g/mol. The minimum Gasteiger partial charge on any atom is -0.332 e. The number of Topliss-reactive ketones (excluding diaryl/α,β-unsaturated/α-hetero) is 1. The summed E-state index contributed by atoms with van der Waals surface area (Å²) in [5.74, 6) is 1.03. The van der Waals surface area contributed by atoms with Crippen LogP contribution in [0, 0.1) is 5.92 Å². The summed E-state index contributed by atoms with van der Waals surface area (Å²) in [7, 11) is 1.89.